The first kappa shape index (κ1) is 16.2. The maximum Gasteiger partial charge on any atom is 0.260 e. The first-order chi connectivity index (χ1) is 13.0. The zero-order chi connectivity index (χ0) is 18.7. The Kier molecular flexibility index (Phi) is 3.43. The van der Waals surface area contributed by atoms with Crippen molar-refractivity contribution in [3.63, 3.8) is 0 Å². The lowest BCUT2D eigenvalue weighted by Gasteiger charge is -2.32. The summed E-state index contributed by atoms with van der Waals surface area (Å²) in [5.41, 5.74) is 0.0416. The third kappa shape index (κ3) is 2.55. The average Bonchev–Trinajstić information content (AvgIpc) is 3.41. The van der Waals surface area contributed by atoms with E-state index < -0.39 is 11.2 Å². The van der Waals surface area contributed by atoms with Gasteiger partial charge in [-0.15, -0.1) is 0 Å². The van der Waals surface area contributed by atoms with Crippen LogP contribution in [-0.4, -0.2) is 37.1 Å². The van der Waals surface area contributed by atoms with Crippen LogP contribution in [0.4, 0.5) is 4.39 Å². The Morgan fingerprint density at radius 3 is 2.89 bits per heavy atom. The fourth-order valence-electron chi connectivity index (χ4n) is 3.68. The van der Waals surface area contributed by atoms with Crippen molar-refractivity contribution in [3.05, 3.63) is 57.6 Å². The molecule has 0 unspecified atom stereocenters. The van der Waals surface area contributed by atoms with Gasteiger partial charge in [-0.25, -0.2) is 14.1 Å². The summed E-state index contributed by atoms with van der Waals surface area (Å²) >= 11 is 0. The van der Waals surface area contributed by atoms with Gasteiger partial charge < -0.3 is 9.88 Å². The number of carbonyl (C=O) groups excluding carboxylic acids is 1. The Bertz CT molecular complexity index is 1130. The molecule has 1 aliphatic carbocycles. The number of carbonyl (C=O) groups is 1. The van der Waals surface area contributed by atoms with Crippen molar-refractivity contribution in [1.29, 1.82) is 0 Å². The van der Waals surface area contributed by atoms with Crippen molar-refractivity contribution in [1.82, 2.24) is 24.6 Å². The lowest BCUT2D eigenvalue weighted by molar-refractivity contribution is 0.0629. The SMILES string of the molecule is C[C@@H]1c2nc(C3CC3)nn2CCN1C(=O)c1c[nH]c2ccc(F)cc2c1=O. The van der Waals surface area contributed by atoms with Crippen molar-refractivity contribution in [3.8, 4) is 0 Å². The molecule has 138 valence electrons. The number of amides is 1. The number of aromatic nitrogens is 4. The van der Waals surface area contributed by atoms with Gasteiger partial charge in [0.05, 0.1) is 12.6 Å². The summed E-state index contributed by atoms with van der Waals surface area (Å²) in [5.74, 6) is 1.16. The molecule has 0 spiro atoms. The number of pyridine rings is 1. The van der Waals surface area contributed by atoms with Crippen LogP contribution < -0.4 is 5.43 Å². The minimum absolute atomic E-state index is 0.00957. The van der Waals surface area contributed by atoms with E-state index in [1.165, 1.54) is 18.3 Å². The number of rotatable bonds is 2. The number of nitrogens with one attached hydrogen (secondary N) is 1. The molecule has 2 aromatic heterocycles. The highest BCUT2D eigenvalue weighted by atomic mass is 19.1. The number of nitrogens with zero attached hydrogens (tertiary/aromatic N) is 4. The molecular formula is C19H18FN5O2. The molecule has 0 bridgehead atoms. The molecule has 5 rings (SSSR count). The highest BCUT2D eigenvalue weighted by Crippen LogP contribution is 2.39. The van der Waals surface area contributed by atoms with Gasteiger partial charge in [-0.1, -0.05) is 0 Å². The number of fused-ring (bicyclic) bond motifs is 2. The van der Waals surface area contributed by atoms with Crippen molar-refractivity contribution in [2.75, 3.05) is 6.54 Å². The summed E-state index contributed by atoms with van der Waals surface area (Å²) in [6, 6.07) is 3.64. The van der Waals surface area contributed by atoms with Gasteiger partial charge in [0, 0.05) is 29.6 Å². The van der Waals surface area contributed by atoms with Crippen LogP contribution in [0.15, 0.2) is 29.2 Å². The Morgan fingerprint density at radius 2 is 2.11 bits per heavy atom. The van der Waals surface area contributed by atoms with Gasteiger partial charge in [-0.2, -0.15) is 5.10 Å². The molecule has 1 aliphatic heterocycles. The summed E-state index contributed by atoms with van der Waals surface area (Å²) in [5, 5.41) is 4.73. The third-order valence-corrected chi connectivity index (χ3v) is 5.39. The fraction of sp³-hybridized carbons (Fsp3) is 0.368. The van der Waals surface area contributed by atoms with Crippen LogP contribution in [0, 0.1) is 5.82 Å². The first-order valence-electron chi connectivity index (χ1n) is 9.09. The molecule has 3 heterocycles. The van der Waals surface area contributed by atoms with E-state index in [1.54, 1.807) is 4.90 Å². The zero-order valence-corrected chi connectivity index (χ0v) is 14.8. The third-order valence-electron chi connectivity index (χ3n) is 5.39. The minimum Gasteiger partial charge on any atom is -0.360 e. The van der Waals surface area contributed by atoms with Gasteiger partial charge >= 0.3 is 0 Å². The van der Waals surface area contributed by atoms with E-state index in [0.29, 0.717) is 24.5 Å². The summed E-state index contributed by atoms with van der Waals surface area (Å²) in [6.45, 7) is 2.88. The van der Waals surface area contributed by atoms with Crippen LogP contribution >= 0.6 is 0 Å². The molecular weight excluding hydrogens is 349 g/mol. The normalized spacial score (nSPS) is 19.3. The van der Waals surface area contributed by atoms with Crippen LogP contribution in [0.1, 0.15) is 53.7 Å². The Morgan fingerprint density at radius 1 is 1.30 bits per heavy atom. The smallest absolute Gasteiger partial charge is 0.260 e. The van der Waals surface area contributed by atoms with Gasteiger partial charge in [0.2, 0.25) is 5.43 Å². The molecule has 27 heavy (non-hydrogen) atoms. The average molecular weight is 367 g/mol. The van der Waals surface area contributed by atoms with Crippen molar-refractivity contribution < 1.29 is 9.18 Å². The Balaban J connectivity index is 1.51. The van der Waals surface area contributed by atoms with E-state index in [-0.39, 0.29) is 22.9 Å². The van der Waals surface area contributed by atoms with E-state index in [1.807, 2.05) is 11.6 Å². The number of H-pyrrole nitrogens is 1. The van der Waals surface area contributed by atoms with Crippen molar-refractivity contribution in [2.24, 2.45) is 0 Å². The molecule has 1 fully saturated rings. The highest BCUT2D eigenvalue weighted by molar-refractivity contribution is 5.97. The molecule has 2 aliphatic rings. The lowest BCUT2D eigenvalue weighted by Crippen LogP contribution is -2.43. The van der Waals surface area contributed by atoms with E-state index in [2.05, 4.69) is 15.1 Å². The lowest BCUT2D eigenvalue weighted by atomic mass is 10.1. The fourth-order valence-corrected chi connectivity index (χ4v) is 3.68. The summed E-state index contributed by atoms with van der Waals surface area (Å²) in [7, 11) is 0. The molecule has 7 nitrogen and oxygen atoms in total. The number of hydrogen-bond donors (Lipinski definition) is 1. The molecule has 8 heteroatoms. The number of aromatic amines is 1. The van der Waals surface area contributed by atoms with E-state index in [9.17, 15) is 14.0 Å². The second kappa shape index (κ2) is 5.73. The highest BCUT2D eigenvalue weighted by Gasteiger charge is 2.35. The topological polar surface area (TPSA) is 83.9 Å². The van der Waals surface area contributed by atoms with E-state index >= 15 is 0 Å². The van der Waals surface area contributed by atoms with Gasteiger partial charge in [0.1, 0.15) is 17.2 Å². The van der Waals surface area contributed by atoms with Gasteiger partial charge in [-0.05, 0) is 38.0 Å². The second-order valence-corrected chi connectivity index (χ2v) is 7.22. The molecule has 3 aromatic rings. The molecule has 1 amide bonds. The quantitative estimate of drug-likeness (QED) is 0.754. The number of benzene rings is 1. The molecule has 1 aromatic carbocycles. The minimum atomic E-state index is -0.510. The molecule has 0 radical (unpaired) electrons. The molecule has 1 saturated carbocycles. The summed E-state index contributed by atoms with van der Waals surface area (Å²) in [6.07, 6.45) is 3.64. The van der Waals surface area contributed by atoms with Crippen LogP contribution in [0.2, 0.25) is 0 Å². The van der Waals surface area contributed by atoms with Crippen LogP contribution in [0.3, 0.4) is 0 Å². The van der Waals surface area contributed by atoms with E-state index in [0.717, 1.165) is 30.6 Å². The maximum absolute atomic E-state index is 13.5. The molecule has 1 atom stereocenters. The van der Waals surface area contributed by atoms with Crippen LogP contribution in [-0.2, 0) is 6.54 Å². The van der Waals surface area contributed by atoms with Crippen molar-refractivity contribution >= 4 is 16.8 Å². The molecule has 1 N–H and O–H groups in total. The van der Waals surface area contributed by atoms with Gasteiger partial charge in [0.15, 0.2) is 5.82 Å². The van der Waals surface area contributed by atoms with Gasteiger partial charge in [0.25, 0.3) is 5.91 Å². The standard InChI is InChI=1S/C19H18FN5O2/c1-10-18-22-17(11-2-3-11)23-25(18)7-6-24(10)19(27)14-9-21-15-5-4-12(20)8-13(15)16(14)26/h4-5,8-11H,2-3,6-7H2,1H3,(H,21,26)/t10-/m1/s1. The summed E-state index contributed by atoms with van der Waals surface area (Å²) < 4.78 is 15.4. The zero-order valence-electron chi connectivity index (χ0n) is 14.8. The summed E-state index contributed by atoms with van der Waals surface area (Å²) in [4.78, 5) is 35.0. The Hall–Kier alpha value is -3.03. The first-order valence-corrected chi connectivity index (χ1v) is 9.09. The number of halogens is 1. The predicted molar refractivity (Wildman–Crippen MR) is 96.0 cm³/mol. The number of hydrogen-bond acceptors (Lipinski definition) is 4. The largest absolute Gasteiger partial charge is 0.360 e. The van der Waals surface area contributed by atoms with Crippen molar-refractivity contribution in [2.45, 2.75) is 38.3 Å². The monoisotopic (exact) mass is 367 g/mol. The Labute approximate surface area is 153 Å². The molecule has 0 saturated heterocycles. The predicted octanol–water partition coefficient (Wildman–Crippen LogP) is 2.35. The van der Waals surface area contributed by atoms with Crippen LogP contribution in [0.25, 0.3) is 10.9 Å². The van der Waals surface area contributed by atoms with Crippen LogP contribution in [0.5, 0.6) is 0 Å². The van der Waals surface area contributed by atoms with E-state index in [4.69, 9.17) is 0 Å². The second-order valence-electron chi connectivity index (χ2n) is 7.22. The maximum atomic E-state index is 13.5. The van der Waals surface area contributed by atoms with Gasteiger partial charge in [-0.3, -0.25) is 9.59 Å².